The highest BCUT2D eigenvalue weighted by Crippen LogP contribution is 2.03. The normalized spacial score (nSPS) is 12.8. The molecular weight excluding hydrogens is 326 g/mol. The zero-order valence-electron chi connectivity index (χ0n) is 16.1. The molecule has 1 heterocycles. The van der Waals surface area contributed by atoms with Gasteiger partial charge in [0.15, 0.2) is 5.96 Å². The Morgan fingerprint density at radius 2 is 2.04 bits per heavy atom. The lowest BCUT2D eigenvalue weighted by Gasteiger charge is -2.16. The van der Waals surface area contributed by atoms with Gasteiger partial charge < -0.3 is 15.4 Å². The number of benzene rings is 1. The number of nitrogens with one attached hydrogen (secondary N) is 2. The van der Waals surface area contributed by atoms with E-state index < -0.39 is 0 Å². The summed E-state index contributed by atoms with van der Waals surface area (Å²) < 4.78 is 7.63. The van der Waals surface area contributed by atoms with Gasteiger partial charge >= 0.3 is 0 Å². The lowest BCUT2D eigenvalue weighted by Crippen LogP contribution is -2.40. The van der Waals surface area contributed by atoms with Crippen molar-refractivity contribution in [3.63, 3.8) is 0 Å². The smallest absolute Gasteiger partial charge is 0.190 e. The van der Waals surface area contributed by atoms with Crippen LogP contribution in [0.1, 0.15) is 24.5 Å². The van der Waals surface area contributed by atoms with Gasteiger partial charge in [-0.05, 0) is 29.9 Å². The highest BCUT2D eigenvalue weighted by atomic mass is 16.5. The summed E-state index contributed by atoms with van der Waals surface area (Å²) in [6.45, 7) is 5.27. The van der Waals surface area contributed by atoms with Crippen LogP contribution in [0.3, 0.4) is 0 Å². The summed E-state index contributed by atoms with van der Waals surface area (Å²) in [4.78, 5) is 4.27. The van der Waals surface area contributed by atoms with Gasteiger partial charge in [0.1, 0.15) is 0 Å². The van der Waals surface area contributed by atoms with Crippen molar-refractivity contribution in [2.75, 3.05) is 26.7 Å². The van der Waals surface area contributed by atoms with E-state index in [0.717, 1.165) is 38.5 Å². The number of ether oxygens (including phenoxy) is 1. The molecule has 0 aliphatic rings. The number of aryl methyl sites for hydroxylation is 2. The maximum atomic E-state index is 5.79. The fourth-order valence-electron chi connectivity index (χ4n) is 2.60. The third-order valence-electron chi connectivity index (χ3n) is 4.05. The predicted octanol–water partition coefficient (Wildman–Crippen LogP) is 2.37. The van der Waals surface area contributed by atoms with Gasteiger partial charge in [0.05, 0.1) is 19.4 Å². The van der Waals surface area contributed by atoms with Crippen molar-refractivity contribution in [2.45, 2.75) is 26.4 Å². The summed E-state index contributed by atoms with van der Waals surface area (Å²) in [7, 11) is 3.74. The van der Waals surface area contributed by atoms with Crippen LogP contribution >= 0.6 is 0 Å². The predicted molar refractivity (Wildman–Crippen MR) is 106 cm³/mol. The van der Waals surface area contributed by atoms with Gasteiger partial charge in [-0.15, -0.1) is 0 Å². The van der Waals surface area contributed by atoms with Gasteiger partial charge in [-0.25, -0.2) is 0 Å². The molecular formula is C20H31N5O. The summed E-state index contributed by atoms with van der Waals surface area (Å²) >= 11 is 0. The minimum absolute atomic E-state index is 0.410. The quantitative estimate of drug-likeness (QED) is 0.389. The van der Waals surface area contributed by atoms with Crippen molar-refractivity contribution in [3.05, 3.63) is 53.9 Å². The maximum absolute atomic E-state index is 5.79. The van der Waals surface area contributed by atoms with Crippen LogP contribution in [0.15, 0.2) is 47.7 Å². The second-order valence-electron chi connectivity index (χ2n) is 6.61. The minimum Gasteiger partial charge on any atom is -0.376 e. The topological polar surface area (TPSA) is 63.5 Å². The first-order valence-corrected chi connectivity index (χ1v) is 9.21. The van der Waals surface area contributed by atoms with Gasteiger partial charge in [0.2, 0.25) is 0 Å². The molecule has 1 unspecified atom stereocenters. The van der Waals surface area contributed by atoms with Crippen molar-refractivity contribution in [1.29, 1.82) is 0 Å². The van der Waals surface area contributed by atoms with Gasteiger partial charge in [0, 0.05) is 33.4 Å². The zero-order valence-corrected chi connectivity index (χ0v) is 16.1. The Balaban J connectivity index is 1.55. The van der Waals surface area contributed by atoms with E-state index in [4.69, 9.17) is 4.74 Å². The van der Waals surface area contributed by atoms with E-state index in [1.54, 1.807) is 7.05 Å². The molecule has 1 aromatic heterocycles. The second kappa shape index (κ2) is 11.3. The molecule has 0 fully saturated rings. The summed E-state index contributed by atoms with van der Waals surface area (Å²) in [5.41, 5.74) is 2.47. The molecule has 2 rings (SSSR count). The van der Waals surface area contributed by atoms with Crippen LogP contribution in [0.25, 0.3) is 0 Å². The summed E-state index contributed by atoms with van der Waals surface area (Å²) in [5.74, 6) is 1.25. The summed E-state index contributed by atoms with van der Waals surface area (Å²) in [5, 5.41) is 10.9. The highest BCUT2D eigenvalue weighted by molar-refractivity contribution is 5.79. The van der Waals surface area contributed by atoms with E-state index in [-0.39, 0.29) is 0 Å². The zero-order chi connectivity index (χ0) is 18.6. The van der Waals surface area contributed by atoms with E-state index >= 15 is 0 Å². The number of aliphatic imine (C=N–C) groups is 1. The maximum Gasteiger partial charge on any atom is 0.190 e. The molecule has 26 heavy (non-hydrogen) atoms. The summed E-state index contributed by atoms with van der Waals surface area (Å²) in [6, 6.07) is 10.3. The fourth-order valence-corrected chi connectivity index (χ4v) is 2.60. The lowest BCUT2D eigenvalue weighted by atomic mass is 10.2. The Kier molecular flexibility index (Phi) is 8.69. The molecule has 0 aliphatic carbocycles. The lowest BCUT2D eigenvalue weighted by molar-refractivity contribution is 0.0931. The van der Waals surface area contributed by atoms with E-state index in [1.807, 2.05) is 36.1 Å². The van der Waals surface area contributed by atoms with E-state index in [0.29, 0.717) is 12.5 Å². The number of aromatic nitrogens is 2. The van der Waals surface area contributed by atoms with Crippen molar-refractivity contribution < 1.29 is 4.74 Å². The molecule has 0 spiro atoms. The molecule has 0 saturated heterocycles. The molecule has 2 N–H and O–H groups in total. The van der Waals surface area contributed by atoms with Gasteiger partial charge in [-0.1, -0.05) is 37.3 Å². The van der Waals surface area contributed by atoms with Crippen molar-refractivity contribution in [3.8, 4) is 0 Å². The molecule has 1 atom stereocenters. The SMILES string of the molecule is CN=C(NCCCc1cnn(C)c1)NCC(C)COCc1ccccc1. The number of rotatable bonds is 10. The molecule has 0 radical (unpaired) electrons. The monoisotopic (exact) mass is 357 g/mol. The van der Waals surface area contributed by atoms with Crippen LogP contribution in [0, 0.1) is 5.92 Å². The van der Waals surface area contributed by atoms with E-state index in [1.165, 1.54) is 11.1 Å². The van der Waals surface area contributed by atoms with Crippen LogP contribution in [0.2, 0.25) is 0 Å². The van der Waals surface area contributed by atoms with Crippen LogP contribution in [-0.4, -0.2) is 42.5 Å². The van der Waals surface area contributed by atoms with Crippen LogP contribution < -0.4 is 10.6 Å². The molecule has 0 saturated carbocycles. The third kappa shape index (κ3) is 7.70. The molecule has 142 valence electrons. The van der Waals surface area contributed by atoms with Gasteiger partial charge in [-0.3, -0.25) is 9.67 Å². The van der Waals surface area contributed by atoms with E-state index in [2.05, 4.69) is 46.0 Å². The first kappa shape index (κ1) is 20.0. The molecule has 2 aromatic rings. The molecule has 0 amide bonds. The fraction of sp³-hybridized carbons (Fsp3) is 0.500. The van der Waals surface area contributed by atoms with E-state index in [9.17, 15) is 0 Å². The van der Waals surface area contributed by atoms with Crippen molar-refractivity contribution >= 4 is 5.96 Å². The number of hydrogen-bond donors (Lipinski definition) is 2. The number of nitrogens with zero attached hydrogens (tertiary/aromatic N) is 3. The van der Waals surface area contributed by atoms with Crippen molar-refractivity contribution in [2.24, 2.45) is 18.0 Å². The number of guanidine groups is 1. The van der Waals surface area contributed by atoms with Crippen LogP contribution in [0.4, 0.5) is 0 Å². The second-order valence-corrected chi connectivity index (χ2v) is 6.61. The standard InChI is InChI=1S/C20H31N5O/c1-17(15-26-16-18-8-5-4-6-9-18)12-23-20(21-2)22-11-7-10-19-13-24-25(3)14-19/h4-6,8-9,13-14,17H,7,10-12,15-16H2,1-3H3,(H2,21,22,23). The Labute approximate surface area is 156 Å². The van der Waals surface area contributed by atoms with Gasteiger partial charge in [-0.2, -0.15) is 5.10 Å². The Morgan fingerprint density at radius 3 is 2.73 bits per heavy atom. The summed E-state index contributed by atoms with van der Waals surface area (Å²) in [6.07, 6.45) is 6.04. The molecule has 1 aromatic carbocycles. The van der Waals surface area contributed by atoms with Crippen LogP contribution in [0.5, 0.6) is 0 Å². The van der Waals surface area contributed by atoms with Crippen molar-refractivity contribution in [1.82, 2.24) is 20.4 Å². The first-order chi connectivity index (χ1) is 12.7. The third-order valence-corrected chi connectivity index (χ3v) is 4.05. The molecule has 6 nitrogen and oxygen atoms in total. The van der Waals surface area contributed by atoms with Crippen LogP contribution in [-0.2, 0) is 24.8 Å². The highest BCUT2D eigenvalue weighted by Gasteiger charge is 2.05. The minimum atomic E-state index is 0.410. The first-order valence-electron chi connectivity index (χ1n) is 9.21. The Hall–Kier alpha value is -2.34. The molecule has 0 aliphatic heterocycles. The molecule has 0 bridgehead atoms. The molecule has 6 heteroatoms. The Bertz CT molecular complexity index is 653. The largest absolute Gasteiger partial charge is 0.376 e. The Morgan fingerprint density at radius 1 is 1.23 bits per heavy atom. The average Bonchev–Trinajstić information content (AvgIpc) is 3.07. The average molecular weight is 358 g/mol. The van der Waals surface area contributed by atoms with Gasteiger partial charge in [0.25, 0.3) is 0 Å². The number of hydrogen-bond acceptors (Lipinski definition) is 3.